The average Bonchev–Trinajstić information content (AvgIpc) is 2.29. The van der Waals surface area contributed by atoms with Crippen molar-refractivity contribution >= 4 is 5.82 Å². The number of hydrogen-bond acceptors (Lipinski definition) is 4. The van der Waals surface area contributed by atoms with Crippen LogP contribution in [0.5, 0.6) is 0 Å². The highest BCUT2D eigenvalue weighted by atomic mass is 15.1. The minimum Gasteiger partial charge on any atom is -0.363 e. The molecule has 0 aliphatic heterocycles. The number of nitrogens with one attached hydrogen (secondary N) is 1. The maximum atomic E-state index is 5.85. The zero-order chi connectivity index (χ0) is 13.1. The Balaban J connectivity index is 2.91. The Kier molecular flexibility index (Phi) is 4.46. The van der Waals surface area contributed by atoms with Gasteiger partial charge in [0.25, 0.3) is 0 Å². The zero-order valence-electron chi connectivity index (χ0n) is 11.5. The van der Waals surface area contributed by atoms with E-state index in [0.29, 0.717) is 18.4 Å². The summed E-state index contributed by atoms with van der Waals surface area (Å²) < 4.78 is 0. The molecular formula is C13H24N4. The number of hydrogen-bond donors (Lipinski definition) is 2. The van der Waals surface area contributed by atoms with Crippen molar-refractivity contribution in [3.05, 3.63) is 18.1 Å². The first kappa shape index (κ1) is 13.9. The number of anilines is 1. The number of aromatic nitrogens is 2. The van der Waals surface area contributed by atoms with Gasteiger partial charge in [-0.25, -0.2) is 9.97 Å². The topological polar surface area (TPSA) is 63.8 Å². The van der Waals surface area contributed by atoms with Gasteiger partial charge in [-0.2, -0.15) is 0 Å². The van der Waals surface area contributed by atoms with E-state index in [-0.39, 0.29) is 5.54 Å². The van der Waals surface area contributed by atoms with E-state index in [0.717, 1.165) is 11.5 Å². The molecule has 96 valence electrons. The lowest BCUT2D eigenvalue weighted by atomic mass is 9.88. The summed E-state index contributed by atoms with van der Waals surface area (Å²) in [5.74, 6) is 1.69. The minimum atomic E-state index is -0.136. The third kappa shape index (κ3) is 3.40. The standard InChI is InChI=1S/C13H24N4/c1-9(2)11-6-12(16-8-15-11)17-13(5,7-14)10(3)4/h6,8-10H,7,14H2,1-5H3,(H,15,16,17). The Morgan fingerprint density at radius 3 is 2.41 bits per heavy atom. The van der Waals surface area contributed by atoms with Crippen LogP contribution >= 0.6 is 0 Å². The van der Waals surface area contributed by atoms with E-state index in [9.17, 15) is 0 Å². The van der Waals surface area contributed by atoms with Crippen LogP contribution in [0.2, 0.25) is 0 Å². The van der Waals surface area contributed by atoms with Gasteiger partial charge in [-0.15, -0.1) is 0 Å². The molecule has 17 heavy (non-hydrogen) atoms. The van der Waals surface area contributed by atoms with Crippen LogP contribution in [0, 0.1) is 5.92 Å². The molecule has 1 aromatic heterocycles. The Bertz CT molecular complexity index is 362. The molecule has 4 nitrogen and oxygen atoms in total. The van der Waals surface area contributed by atoms with Gasteiger partial charge in [-0.05, 0) is 18.8 Å². The fourth-order valence-electron chi connectivity index (χ4n) is 1.48. The highest BCUT2D eigenvalue weighted by Crippen LogP contribution is 2.22. The summed E-state index contributed by atoms with van der Waals surface area (Å²) in [6.45, 7) is 11.3. The largest absolute Gasteiger partial charge is 0.363 e. The van der Waals surface area contributed by atoms with Crippen LogP contribution in [0.1, 0.15) is 46.2 Å². The van der Waals surface area contributed by atoms with Gasteiger partial charge in [0.05, 0.1) is 5.54 Å². The Morgan fingerprint density at radius 1 is 1.29 bits per heavy atom. The third-order valence-corrected chi connectivity index (χ3v) is 3.39. The molecule has 0 bridgehead atoms. The molecule has 4 heteroatoms. The molecule has 0 aliphatic rings. The maximum Gasteiger partial charge on any atom is 0.130 e. The molecular weight excluding hydrogens is 212 g/mol. The molecule has 0 fully saturated rings. The van der Waals surface area contributed by atoms with Crippen LogP contribution in [-0.4, -0.2) is 22.1 Å². The van der Waals surface area contributed by atoms with Gasteiger partial charge in [0, 0.05) is 18.3 Å². The predicted molar refractivity (Wildman–Crippen MR) is 72.0 cm³/mol. The normalized spacial score (nSPS) is 15.1. The van der Waals surface area contributed by atoms with E-state index in [1.807, 2.05) is 6.07 Å². The molecule has 1 heterocycles. The van der Waals surface area contributed by atoms with Crippen molar-refractivity contribution in [2.24, 2.45) is 11.7 Å². The Morgan fingerprint density at radius 2 is 1.94 bits per heavy atom. The zero-order valence-corrected chi connectivity index (χ0v) is 11.5. The van der Waals surface area contributed by atoms with Crippen LogP contribution in [0.15, 0.2) is 12.4 Å². The summed E-state index contributed by atoms with van der Waals surface area (Å²) in [7, 11) is 0. The smallest absolute Gasteiger partial charge is 0.130 e. The van der Waals surface area contributed by atoms with Crippen molar-refractivity contribution in [1.82, 2.24) is 9.97 Å². The van der Waals surface area contributed by atoms with Gasteiger partial charge in [-0.1, -0.05) is 27.7 Å². The van der Waals surface area contributed by atoms with Gasteiger partial charge in [-0.3, -0.25) is 0 Å². The van der Waals surface area contributed by atoms with Crippen molar-refractivity contribution in [3.63, 3.8) is 0 Å². The lowest BCUT2D eigenvalue weighted by molar-refractivity contribution is 0.381. The third-order valence-electron chi connectivity index (χ3n) is 3.39. The summed E-state index contributed by atoms with van der Waals surface area (Å²) in [5.41, 5.74) is 6.76. The first-order valence-electron chi connectivity index (χ1n) is 6.19. The molecule has 1 rings (SSSR count). The molecule has 1 atom stereocenters. The Hall–Kier alpha value is -1.16. The lowest BCUT2D eigenvalue weighted by Crippen LogP contribution is -2.47. The van der Waals surface area contributed by atoms with E-state index in [2.05, 4.69) is 49.9 Å². The monoisotopic (exact) mass is 236 g/mol. The molecule has 0 spiro atoms. The summed E-state index contributed by atoms with van der Waals surface area (Å²) >= 11 is 0. The van der Waals surface area contributed by atoms with Crippen LogP contribution in [0.25, 0.3) is 0 Å². The molecule has 0 radical (unpaired) electrons. The fraction of sp³-hybridized carbons (Fsp3) is 0.692. The van der Waals surface area contributed by atoms with E-state index >= 15 is 0 Å². The summed E-state index contributed by atoms with van der Waals surface area (Å²) in [4.78, 5) is 8.52. The minimum absolute atomic E-state index is 0.136. The molecule has 0 amide bonds. The van der Waals surface area contributed by atoms with Crippen molar-refractivity contribution in [2.75, 3.05) is 11.9 Å². The van der Waals surface area contributed by atoms with Gasteiger partial charge < -0.3 is 11.1 Å². The van der Waals surface area contributed by atoms with E-state index in [1.165, 1.54) is 0 Å². The van der Waals surface area contributed by atoms with Crippen molar-refractivity contribution in [1.29, 1.82) is 0 Å². The average molecular weight is 236 g/mol. The molecule has 0 aliphatic carbocycles. The predicted octanol–water partition coefficient (Wildman–Crippen LogP) is 2.39. The van der Waals surface area contributed by atoms with Gasteiger partial charge in [0.1, 0.15) is 12.1 Å². The van der Waals surface area contributed by atoms with E-state index < -0.39 is 0 Å². The highest BCUT2D eigenvalue weighted by molar-refractivity contribution is 5.39. The quantitative estimate of drug-likeness (QED) is 0.824. The van der Waals surface area contributed by atoms with Crippen molar-refractivity contribution in [2.45, 2.75) is 46.1 Å². The number of rotatable bonds is 5. The van der Waals surface area contributed by atoms with Crippen LogP contribution in [0.3, 0.4) is 0 Å². The first-order chi connectivity index (χ1) is 7.89. The van der Waals surface area contributed by atoms with Gasteiger partial charge in [0.2, 0.25) is 0 Å². The summed E-state index contributed by atoms with van der Waals surface area (Å²) in [6, 6.07) is 2.00. The van der Waals surface area contributed by atoms with Crippen molar-refractivity contribution < 1.29 is 0 Å². The molecule has 0 saturated carbocycles. The second-order valence-corrected chi connectivity index (χ2v) is 5.38. The SMILES string of the molecule is CC(C)c1cc(NC(C)(CN)C(C)C)ncn1. The summed E-state index contributed by atoms with van der Waals surface area (Å²) in [6.07, 6.45) is 1.61. The Labute approximate surface area is 104 Å². The lowest BCUT2D eigenvalue weighted by Gasteiger charge is -2.34. The molecule has 0 saturated heterocycles. The highest BCUT2D eigenvalue weighted by Gasteiger charge is 2.26. The first-order valence-corrected chi connectivity index (χ1v) is 6.19. The molecule has 1 unspecified atom stereocenters. The second kappa shape index (κ2) is 5.45. The molecule has 0 aromatic carbocycles. The van der Waals surface area contributed by atoms with Gasteiger partial charge >= 0.3 is 0 Å². The van der Waals surface area contributed by atoms with Crippen LogP contribution in [-0.2, 0) is 0 Å². The second-order valence-electron chi connectivity index (χ2n) is 5.38. The molecule has 1 aromatic rings. The number of nitrogens with two attached hydrogens (primary N) is 1. The number of nitrogens with zero attached hydrogens (tertiary/aromatic N) is 2. The van der Waals surface area contributed by atoms with Gasteiger partial charge in [0.15, 0.2) is 0 Å². The molecule has 3 N–H and O–H groups in total. The van der Waals surface area contributed by atoms with E-state index in [4.69, 9.17) is 5.73 Å². The maximum absolute atomic E-state index is 5.85. The summed E-state index contributed by atoms with van der Waals surface area (Å²) in [5, 5.41) is 3.42. The van der Waals surface area contributed by atoms with Crippen LogP contribution in [0.4, 0.5) is 5.82 Å². The van der Waals surface area contributed by atoms with Crippen LogP contribution < -0.4 is 11.1 Å². The van der Waals surface area contributed by atoms with Crippen molar-refractivity contribution in [3.8, 4) is 0 Å². The van der Waals surface area contributed by atoms with E-state index in [1.54, 1.807) is 6.33 Å². The fourth-order valence-corrected chi connectivity index (χ4v) is 1.48.